The van der Waals surface area contributed by atoms with Crippen LogP contribution in [0.25, 0.3) is 11.3 Å². The van der Waals surface area contributed by atoms with Crippen molar-refractivity contribution in [2.24, 2.45) is 17.3 Å². The van der Waals surface area contributed by atoms with Gasteiger partial charge in [0.2, 0.25) is 0 Å². The fraction of sp³-hybridized carbons (Fsp3) is 0.424. The van der Waals surface area contributed by atoms with Gasteiger partial charge in [0.05, 0.1) is 11.1 Å². The summed E-state index contributed by atoms with van der Waals surface area (Å²) in [5.74, 6) is 2.47. The third kappa shape index (κ3) is 4.02. The number of carbonyl (C=O) groups is 2. The fourth-order valence-electron chi connectivity index (χ4n) is 7.35. The Morgan fingerprint density at radius 2 is 1.86 bits per heavy atom. The second-order valence-electron chi connectivity index (χ2n) is 12.0. The Morgan fingerprint density at radius 1 is 1.00 bits per heavy atom. The van der Waals surface area contributed by atoms with E-state index in [1.165, 1.54) is 11.1 Å². The Kier molecular flexibility index (Phi) is 5.82. The summed E-state index contributed by atoms with van der Waals surface area (Å²) in [5, 5.41) is 0. The number of ether oxygens (including phenoxy) is 1. The minimum Gasteiger partial charge on any atom is -0.426 e. The van der Waals surface area contributed by atoms with Gasteiger partial charge in [0.25, 0.3) is 0 Å². The number of rotatable bonds is 4. The van der Waals surface area contributed by atoms with Gasteiger partial charge < -0.3 is 4.74 Å². The standard InChI is InChI=1S/C33H35NO3/c1-32(2,23-8-6-7-22(19-23)29-9-4-5-18-34-29)31(36)37-24-11-13-25-21(20-24)10-12-27-26(25)16-17-33(3)28(27)14-15-30(33)35/h4-9,11,13,18-20,26-28H,10,12,14-17H2,1-3H3/t26-,27-,28+,33+/m1/s1. The highest BCUT2D eigenvalue weighted by molar-refractivity contribution is 5.87. The first-order valence-electron chi connectivity index (χ1n) is 13.7. The van der Waals surface area contributed by atoms with Crippen LogP contribution in [-0.4, -0.2) is 16.7 Å². The lowest BCUT2D eigenvalue weighted by molar-refractivity contribution is -0.139. The molecule has 0 amide bonds. The molecule has 0 saturated heterocycles. The Hall–Kier alpha value is -3.27. The molecule has 4 heteroatoms. The molecule has 3 aliphatic carbocycles. The molecule has 4 nitrogen and oxygen atoms in total. The maximum atomic E-state index is 13.4. The quantitative estimate of drug-likeness (QED) is 0.288. The summed E-state index contributed by atoms with van der Waals surface area (Å²) in [4.78, 5) is 30.5. The molecule has 3 aromatic rings. The number of hydrogen-bond acceptors (Lipinski definition) is 4. The molecule has 1 heterocycles. The van der Waals surface area contributed by atoms with E-state index < -0.39 is 5.41 Å². The summed E-state index contributed by atoms with van der Waals surface area (Å²) in [5.41, 5.74) is 4.55. The molecule has 2 fully saturated rings. The maximum absolute atomic E-state index is 13.4. The summed E-state index contributed by atoms with van der Waals surface area (Å²) >= 11 is 0. The number of benzene rings is 2. The minimum absolute atomic E-state index is 0.104. The van der Waals surface area contributed by atoms with Crippen molar-refractivity contribution >= 4 is 11.8 Å². The maximum Gasteiger partial charge on any atom is 0.321 e. The van der Waals surface area contributed by atoms with Crippen molar-refractivity contribution in [2.75, 3.05) is 0 Å². The zero-order chi connectivity index (χ0) is 25.8. The SMILES string of the molecule is CC(C)(C(=O)Oc1ccc2c(c1)CC[C@@H]1[C@@H]2CC[C@]2(C)C(=O)CC[C@@H]12)c1cccc(-c2ccccn2)c1. The van der Waals surface area contributed by atoms with E-state index in [0.29, 0.717) is 29.3 Å². The van der Waals surface area contributed by atoms with Gasteiger partial charge in [-0.05, 0) is 111 Å². The lowest BCUT2D eigenvalue weighted by Crippen LogP contribution is -2.42. The average molecular weight is 494 g/mol. The summed E-state index contributed by atoms with van der Waals surface area (Å²) in [6.45, 7) is 6.05. The van der Waals surface area contributed by atoms with Crippen molar-refractivity contribution in [2.45, 2.75) is 70.6 Å². The predicted molar refractivity (Wildman–Crippen MR) is 144 cm³/mol. The van der Waals surface area contributed by atoms with Gasteiger partial charge >= 0.3 is 5.97 Å². The normalized spacial score (nSPS) is 26.7. The third-order valence-electron chi connectivity index (χ3n) is 9.67. The van der Waals surface area contributed by atoms with Gasteiger partial charge in [0.15, 0.2) is 0 Å². The van der Waals surface area contributed by atoms with Gasteiger partial charge in [-0.1, -0.05) is 37.3 Å². The van der Waals surface area contributed by atoms with E-state index >= 15 is 0 Å². The molecule has 37 heavy (non-hydrogen) atoms. The molecule has 190 valence electrons. The zero-order valence-corrected chi connectivity index (χ0v) is 22.0. The van der Waals surface area contributed by atoms with Crippen LogP contribution >= 0.6 is 0 Å². The van der Waals surface area contributed by atoms with Crippen LogP contribution in [0.15, 0.2) is 66.9 Å². The Bertz CT molecular complexity index is 1360. The summed E-state index contributed by atoms with van der Waals surface area (Å²) in [6.07, 6.45) is 7.77. The summed E-state index contributed by atoms with van der Waals surface area (Å²) in [6, 6.07) is 20.1. The van der Waals surface area contributed by atoms with Crippen LogP contribution in [0.1, 0.15) is 75.5 Å². The number of nitrogens with zero attached hydrogens (tertiary/aromatic N) is 1. The van der Waals surface area contributed by atoms with Gasteiger partial charge in [-0.3, -0.25) is 14.6 Å². The number of fused-ring (bicyclic) bond motifs is 5. The average Bonchev–Trinajstić information content (AvgIpc) is 3.23. The lowest BCUT2D eigenvalue weighted by Gasteiger charge is -2.48. The van der Waals surface area contributed by atoms with Crippen LogP contribution in [0.4, 0.5) is 0 Å². The van der Waals surface area contributed by atoms with Crippen LogP contribution in [0.5, 0.6) is 5.75 Å². The first-order chi connectivity index (χ1) is 17.8. The van der Waals surface area contributed by atoms with Crippen molar-refractivity contribution in [1.29, 1.82) is 0 Å². The number of pyridine rings is 1. The van der Waals surface area contributed by atoms with Gasteiger partial charge in [-0.2, -0.15) is 0 Å². The molecule has 1 aromatic heterocycles. The molecule has 6 rings (SSSR count). The lowest BCUT2D eigenvalue weighted by atomic mass is 9.55. The van der Waals surface area contributed by atoms with Crippen LogP contribution in [0, 0.1) is 17.3 Å². The largest absolute Gasteiger partial charge is 0.426 e. The number of esters is 1. The second kappa shape index (κ2) is 8.93. The van der Waals surface area contributed by atoms with Gasteiger partial charge in [0.1, 0.15) is 11.5 Å². The number of carbonyl (C=O) groups excluding carboxylic acids is 2. The molecule has 3 aliphatic rings. The van der Waals surface area contributed by atoms with E-state index in [4.69, 9.17) is 4.74 Å². The molecule has 2 aromatic carbocycles. The molecule has 2 saturated carbocycles. The van der Waals surface area contributed by atoms with Crippen LogP contribution in [-0.2, 0) is 21.4 Å². The number of Topliss-reactive ketones (excluding diaryl/α,β-unsaturated/α-hetero) is 1. The smallest absolute Gasteiger partial charge is 0.321 e. The second-order valence-corrected chi connectivity index (χ2v) is 12.0. The van der Waals surface area contributed by atoms with Gasteiger partial charge in [-0.15, -0.1) is 0 Å². The van der Waals surface area contributed by atoms with Crippen LogP contribution in [0.3, 0.4) is 0 Å². The van der Waals surface area contributed by atoms with E-state index in [0.717, 1.165) is 55.3 Å². The van der Waals surface area contributed by atoms with Gasteiger partial charge in [0, 0.05) is 23.6 Å². The topological polar surface area (TPSA) is 56.3 Å². The Morgan fingerprint density at radius 3 is 2.68 bits per heavy atom. The summed E-state index contributed by atoms with van der Waals surface area (Å²) in [7, 11) is 0. The fourth-order valence-corrected chi connectivity index (χ4v) is 7.35. The van der Waals surface area contributed by atoms with Crippen LogP contribution < -0.4 is 4.74 Å². The monoisotopic (exact) mass is 493 g/mol. The first kappa shape index (κ1) is 24.1. The zero-order valence-electron chi connectivity index (χ0n) is 22.0. The van der Waals surface area contributed by atoms with E-state index in [9.17, 15) is 9.59 Å². The van der Waals surface area contributed by atoms with E-state index in [1.807, 2.05) is 62.4 Å². The van der Waals surface area contributed by atoms with E-state index in [-0.39, 0.29) is 11.4 Å². The van der Waals surface area contributed by atoms with Crippen molar-refractivity contribution in [3.05, 3.63) is 83.6 Å². The molecule has 0 bridgehead atoms. The molecular formula is C33H35NO3. The van der Waals surface area contributed by atoms with Crippen molar-refractivity contribution < 1.29 is 14.3 Å². The van der Waals surface area contributed by atoms with E-state index in [2.05, 4.69) is 24.0 Å². The Labute approximate surface area is 219 Å². The molecule has 0 spiro atoms. The third-order valence-corrected chi connectivity index (χ3v) is 9.67. The number of aromatic nitrogens is 1. The van der Waals surface area contributed by atoms with Crippen molar-refractivity contribution in [3.63, 3.8) is 0 Å². The number of ketones is 1. The van der Waals surface area contributed by atoms with E-state index in [1.54, 1.807) is 6.20 Å². The molecule has 4 atom stereocenters. The highest BCUT2D eigenvalue weighted by Crippen LogP contribution is 2.59. The molecule has 0 radical (unpaired) electrons. The molecule has 0 unspecified atom stereocenters. The Balaban J connectivity index is 1.21. The minimum atomic E-state index is -0.811. The highest BCUT2D eigenvalue weighted by Gasteiger charge is 2.54. The first-order valence-corrected chi connectivity index (χ1v) is 13.7. The number of aryl methyl sites for hydroxylation is 1. The van der Waals surface area contributed by atoms with Crippen LogP contribution in [0.2, 0.25) is 0 Å². The molecular weight excluding hydrogens is 458 g/mol. The van der Waals surface area contributed by atoms with Gasteiger partial charge in [-0.25, -0.2) is 0 Å². The predicted octanol–water partition coefficient (Wildman–Crippen LogP) is 7.06. The van der Waals surface area contributed by atoms with Crippen molar-refractivity contribution in [3.8, 4) is 17.0 Å². The molecule has 0 aliphatic heterocycles. The summed E-state index contributed by atoms with van der Waals surface area (Å²) < 4.78 is 5.98. The highest BCUT2D eigenvalue weighted by atomic mass is 16.5. The molecule has 0 N–H and O–H groups in total. The number of hydrogen-bond donors (Lipinski definition) is 0. The van der Waals surface area contributed by atoms with Crippen molar-refractivity contribution in [1.82, 2.24) is 4.98 Å².